The van der Waals surface area contributed by atoms with Crippen LogP contribution in [-0.2, 0) is 10.0 Å². The molecule has 0 aliphatic heterocycles. The fraction of sp³-hybridized carbons (Fsp3) is 0.667. The van der Waals surface area contributed by atoms with Crippen LogP contribution >= 0.6 is 11.3 Å². The Morgan fingerprint density at radius 3 is 2.50 bits per heavy atom. The van der Waals surface area contributed by atoms with Crippen LogP contribution in [0, 0.1) is 19.8 Å². The summed E-state index contributed by atoms with van der Waals surface area (Å²) in [6.07, 6.45) is 0.173. The summed E-state index contributed by atoms with van der Waals surface area (Å²) in [5.74, 6) is 0.0829. The lowest BCUT2D eigenvalue weighted by molar-refractivity contribution is 0.118. The highest BCUT2D eigenvalue weighted by molar-refractivity contribution is 7.91. The van der Waals surface area contributed by atoms with Crippen LogP contribution in [0.3, 0.4) is 0 Å². The molecule has 0 bridgehead atoms. The number of aliphatic hydroxyl groups excluding tert-OH is 1. The molecule has 1 rings (SSSR count). The second kappa shape index (κ2) is 6.14. The average Bonchev–Trinajstić information content (AvgIpc) is 2.66. The maximum Gasteiger partial charge on any atom is 0.250 e. The van der Waals surface area contributed by atoms with Gasteiger partial charge in [0.05, 0.1) is 6.10 Å². The standard InChI is InChI=1S/C12H21NO3S2/c1-5-8(2)11(14)7-13-18(15,16)12-6-9(3)10(4)17-12/h6,8,11,13-14H,5,7H2,1-4H3/t8-,11+/m0/s1. The molecule has 0 unspecified atom stereocenters. The smallest absolute Gasteiger partial charge is 0.250 e. The summed E-state index contributed by atoms with van der Waals surface area (Å²) in [6, 6.07) is 1.66. The van der Waals surface area contributed by atoms with Crippen molar-refractivity contribution in [3.63, 3.8) is 0 Å². The maximum absolute atomic E-state index is 12.0. The van der Waals surface area contributed by atoms with Crippen LogP contribution in [0.4, 0.5) is 0 Å². The normalized spacial score (nSPS) is 15.6. The monoisotopic (exact) mass is 291 g/mol. The molecule has 0 radical (unpaired) electrons. The third kappa shape index (κ3) is 3.78. The zero-order valence-electron chi connectivity index (χ0n) is 11.2. The summed E-state index contributed by atoms with van der Waals surface area (Å²) in [4.78, 5) is 0.998. The molecule has 1 heterocycles. The quantitative estimate of drug-likeness (QED) is 0.843. The van der Waals surface area contributed by atoms with E-state index in [9.17, 15) is 13.5 Å². The van der Waals surface area contributed by atoms with E-state index >= 15 is 0 Å². The Kier molecular flexibility index (Phi) is 5.33. The van der Waals surface area contributed by atoms with Crippen LogP contribution in [0.2, 0.25) is 0 Å². The molecule has 0 fully saturated rings. The number of aryl methyl sites for hydroxylation is 2. The van der Waals surface area contributed by atoms with E-state index in [2.05, 4.69) is 4.72 Å². The molecule has 0 amide bonds. The Hall–Kier alpha value is -0.430. The SMILES string of the molecule is CC[C@H](C)[C@H](O)CNS(=O)(=O)c1cc(C)c(C)s1. The van der Waals surface area contributed by atoms with Crippen molar-refractivity contribution in [3.05, 3.63) is 16.5 Å². The molecular formula is C12H21NO3S2. The first kappa shape index (κ1) is 15.6. The van der Waals surface area contributed by atoms with Crippen molar-refractivity contribution in [3.8, 4) is 0 Å². The third-order valence-electron chi connectivity index (χ3n) is 3.19. The van der Waals surface area contributed by atoms with E-state index in [4.69, 9.17) is 0 Å². The van der Waals surface area contributed by atoms with Gasteiger partial charge in [-0.2, -0.15) is 0 Å². The predicted molar refractivity (Wildman–Crippen MR) is 74.4 cm³/mol. The number of hydrogen-bond acceptors (Lipinski definition) is 4. The molecule has 104 valence electrons. The molecule has 6 heteroatoms. The minimum Gasteiger partial charge on any atom is -0.391 e. The van der Waals surface area contributed by atoms with E-state index in [0.717, 1.165) is 16.9 Å². The van der Waals surface area contributed by atoms with Gasteiger partial charge in [0, 0.05) is 11.4 Å². The lowest BCUT2D eigenvalue weighted by atomic mass is 10.0. The van der Waals surface area contributed by atoms with Gasteiger partial charge in [0.15, 0.2) is 0 Å². The Morgan fingerprint density at radius 1 is 1.44 bits per heavy atom. The van der Waals surface area contributed by atoms with Gasteiger partial charge in [0.1, 0.15) is 4.21 Å². The Bertz CT molecular complexity index is 474. The van der Waals surface area contributed by atoms with Crippen molar-refractivity contribution < 1.29 is 13.5 Å². The van der Waals surface area contributed by atoms with E-state index in [1.165, 1.54) is 11.3 Å². The van der Waals surface area contributed by atoms with E-state index in [0.29, 0.717) is 4.21 Å². The molecule has 0 spiro atoms. The minimum atomic E-state index is -3.49. The van der Waals surface area contributed by atoms with Gasteiger partial charge in [-0.15, -0.1) is 11.3 Å². The van der Waals surface area contributed by atoms with Crippen LogP contribution in [0.15, 0.2) is 10.3 Å². The molecule has 0 aliphatic rings. The molecule has 2 atom stereocenters. The third-order valence-corrected chi connectivity index (χ3v) is 6.24. The summed E-state index contributed by atoms with van der Waals surface area (Å²) in [6.45, 7) is 7.71. The number of aliphatic hydroxyl groups is 1. The van der Waals surface area contributed by atoms with Crippen LogP contribution in [-0.4, -0.2) is 26.2 Å². The largest absolute Gasteiger partial charge is 0.391 e. The van der Waals surface area contributed by atoms with Gasteiger partial charge in [-0.3, -0.25) is 0 Å². The second-order valence-corrected chi connectivity index (χ2v) is 7.86. The maximum atomic E-state index is 12.0. The first-order valence-electron chi connectivity index (χ1n) is 6.02. The van der Waals surface area contributed by atoms with Crippen molar-refractivity contribution in [2.45, 2.75) is 44.4 Å². The second-order valence-electron chi connectivity index (χ2n) is 4.61. The van der Waals surface area contributed by atoms with Gasteiger partial charge < -0.3 is 5.11 Å². The summed E-state index contributed by atoms with van der Waals surface area (Å²) in [5, 5.41) is 9.76. The Morgan fingerprint density at radius 2 is 2.06 bits per heavy atom. The zero-order valence-corrected chi connectivity index (χ0v) is 12.9. The molecular weight excluding hydrogens is 270 g/mol. The summed E-state index contributed by atoms with van der Waals surface area (Å²) < 4.78 is 26.8. The number of rotatable bonds is 6. The van der Waals surface area contributed by atoms with Gasteiger partial charge in [0.2, 0.25) is 10.0 Å². The van der Waals surface area contributed by atoms with Crippen molar-refractivity contribution in [1.29, 1.82) is 0 Å². The molecule has 0 saturated heterocycles. The van der Waals surface area contributed by atoms with Crippen LogP contribution in [0.1, 0.15) is 30.7 Å². The number of nitrogens with one attached hydrogen (secondary N) is 1. The lowest BCUT2D eigenvalue weighted by Crippen LogP contribution is -2.35. The zero-order chi connectivity index (χ0) is 13.9. The van der Waals surface area contributed by atoms with Crippen molar-refractivity contribution >= 4 is 21.4 Å². The van der Waals surface area contributed by atoms with Crippen molar-refractivity contribution in [2.24, 2.45) is 5.92 Å². The lowest BCUT2D eigenvalue weighted by Gasteiger charge is -2.17. The highest BCUT2D eigenvalue weighted by atomic mass is 32.2. The van der Waals surface area contributed by atoms with E-state index in [1.807, 2.05) is 27.7 Å². The molecule has 1 aromatic heterocycles. The molecule has 0 saturated carbocycles. The van der Waals surface area contributed by atoms with E-state index < -0.39 is 16.1 Å². The van der Waals surface area contributed by atoms with E-state index in [-0.39, 0.29) is 12.5 Å². The predicted octanol–water partition coefficient (Wildman–Crippen LogP) is 2.05. The van der Waals surface area contributed by atoms with Crippen LogP contribution < -0.4 is 4.72 Å². The van der Waals surface area contributed by atoms with Crippen molar-refractivity contribution in [2.75, 3.05) is 6.54 Å². The summed E-state index contributed by atoms with van der Waals surface area (Å²) >= 11 is 1.26. The van der Waals surface area contributed by atoms with Gasteiger partial charge in [-0.05, 0) is 31.4 Å². The summed E-state index contributed by atoms with van der Waals surface area (Å²) in [7, 11) is -3.49. The summed E-state index contributed by atoms with van der Waals surface area (Å²) in [5.41, 5.74) is 0.975. The van der Waals surface area contributed by atoms with Crippen molar-refractivity contribution in [1.82, 2.24) is 4.72 Å². The van der Waals surface area contributed by atoms with E-state index in [1.54, 1.807) is 6.07 Å². The Balaban J connectivity index is 2.71. The number of hydrogen-bond donors (Lipinski definition) is 2. The molecule has 4 nitrogen and oxygen atoms in total. The highest BCUT2D eigenvalue weighted by Gasteiger charge is 2.20. The topological polar surface area (TPSA) is 66.4 Å². The van der Waals surface area contributed by atoms with Crippen LogP contribution in [0.5, 0.6) is 0 Å². The molecule has 0 aliphatic carbocycles. The Labute approximate surface area is 113 Å². The average molecular weight is 291 g/mol. The fourth-order valence-electron chi connectivity index (χ4n) is 1.41. The number of sulfonamides is 1. The van der Waals surface area contributed by atoms with Crippen LogP contribution in [0.25, 0.3) is 0 Å². The minimum absolute atomic E-state index is 0.0628. The molecule has 0 aromatic carbocycles. The van der Waals surface area contributed by atoms with Gasteiger partial charge >= 0.3 is 0 Å². The molecule has 18 heavy (non-hydrogen) atoms. The van der Waals surface area contributed by atoms with Gasteiger partial charge in [-0.25, -0.2) is 13.1 Å². The molecule has 1 aromatic rings. The molecule has 2 N–H and O–H groups in total. The number of thiophene rings is 1. The first-order valence-corrected chi connectivity index (χ1v) is 8.32. The van der Waals surface area contributed by atoms with Gasteiger partial charge in [-0.1, -0.05) is 20.3 Å². The highest BCUT2D eigenvalue weighted by Crippen LogP contribution is 2.24. The first-order chi connectivity index (χ1) is 8.27. The van der Waals surface area contributed by atoms with Gasteiger partial charge in [0.25, 0.3) is 0 Å². The fourth-order valence-corrected chi connectivity index (χ4v) is 4.02.